The second-order valence-corrected chi connectivity index (χ2v) is 4.80. The van der Waals surface area contributed by atoms with Crippen LogP contribution >= 0.6 is 0 Å². The number of carbonyl (C=O) groups excluding carboxylic acids is 1. The zero-order valence-corrected chi connectivity index (χ0v) is 10.1. The first-order valence-electron chi connectivity index (χ1n) is 5.12. The quantitative estimate of drug-likeness (QED) is 0.417. The van der Waals surface area contributed by atoms with Crippen molar-refractivity contribution in [2.75, 3.05) is 33.8 Å². The van der Waals surface area contributed by atoms with Gasteiger partial charge in [0, 0.05) is 0 Å². The van der Waals surface area contributed by atoms with Gasteiger partial charge >= 0.3 is 24.1 Å². The van der Waals surface area contributed by atoms with E-state index >= 15 is 0 Å². The predicted octanol–water partition coefficient (Wildman–Crippen LogP) is 1.46. The number of alkyl halides is 6. The van der Waals surface area contributed by atoms with E-state index in [9.17, 15) is 31.1 Å². The third-order valence-electron chi connectivity index (χ3n) is 2.59. The summed E-state index contributed by atoms with van der Waals surface area (Å²) in [5.74, 6) is -6.49. The van der Waals surface area contributed by atoms with Gasteiger partial charge < -0.3 is 14.0 Å². The Morgan fingerprint density at radius 3 is 2.11 bits per heavy atom. The number of esters is 1. The number of nitrogens with zero attached hydrogens (tertiary/aromatic N) is 1. The van der Waals surface area contributed by atoms with Crippen LogP contribution in [0.2, 0.25) is 0 Å². The fourth-order valence-corrected chi connectivity index (χ4v) is 1.64. The number of carbonyl (C=O) groups is 1. The summed E-state index contributed by atoms with van der Waals surface area (Å²) in [6.45, 7) is -1.27. The topological polar surface area (TPSA) is 35.5 Å². The van der Waals surface area contributed by atoms with Crippen molar-refractivity contribution < 1.29 is 45.1 Å². The average Bonchev–Trinajstić information content (AvgIpc) is 2.12. The minimum atomic E-state index is -5.52. The van der Waals surface area contributed by atoms with Gasteiger partial charge in [-0.3, -0.25) is 0 Å². The van der Waals surface area contributed by atoms with Crippen LogP contribution in [0.1, 0.15) is 0 Å². The molecule has 0 N–H and O–H groups in total. The van der Waals surface area contributed by atoms with Crippen molar-refractivity contribution in [3.63, 3.8) is 0 Å². The molecular formula is C9H12F6NO3+. The Kier molecular flexibility index (Phi) is 3.81. The van der Waals surface area contributed by atoms with Gasteiger partial charge in [-0.15, -0.1) is 0 Å². The summed E-state index contributed by atoms with van der Waals surface area (Å²) in [6, 6.07) is 0. The smallest absolute Gasteiger partial charge is 0.411 e. The van der Waals surface area contributed by atoms with Gasteiger partial charge in [-0.25, -0.2) is 4.79 Å². The number of morpholine rings is 1. The first-order valence-corrected chi connectivity index (χ1v) is 5.12. The third-order valence-corrected chi connectivity index (χ3v) is 2.59. The van der Waals surface area contributed by atoms with Crippen molar-refractivity contribution in [3.05, 3.63) is 0 Å². The van der Waals surface area contributed by atoms with Crippen LogP contribution in [0.15, 0.2) is 0 Å². The third kappa shape index (κ3) is 3.50. The molecule has 1 heterocycles. The second-order valence-electron chi connectivity index (χ2n) is 4.80. The van der Waals surface area contributed by atoms with E-state index in [1.165, 1.54) is 14.1 Å². The summed E-state index contributed by atoms with van der Waals surface area (Å²) in [5, 5.41) is 0. The molecule has 1 unspecified atom stereocenters. The number of hydrogen-bond acceptors (Lipinski definition) is 3. The summed E-state index contributed by atoms with van der Waals surface area (Å²) >= 11 is 0. The fourth-order valence-electron chi connectivity index (χ4n) is 1.64. The summed E-state index contributed by atoms with van der Waals surface area (Å²) in [7, 11) is 2.73. The SMILES string of the molecule is C[N+]1(C)CCOC(OC(=O)C(F)(F)F)(C(F)(F)F)C1. The molecule has 0 spiro atoms. The van der Waals surface area contributed by atoms with Crippen molar-refractivity contribution in [3.8, 4) is 0 Å². The lowest BCUT2D eigenvalue weighted by molar-refractivity contribution is -0.913. The van der Waals surface area contributed by atoms with E-state index in [0.29, 0.717) is 0 Å². The molecule has 0 saturated carbocycles. The molecule has 1 aliphatic rings. The highest BCUT2D eigenvalue weighted by Gasteiger charge is 2.67. The summed E-state index contributed by atoms with van der Waals surface area (Å²) < 4.78 is 82.6. The molecule has 4 nitrogen and oxygen atoms in total. The predicted molar refractivity (Wildman–Crippen MR) is 48.7 cm³/mol. The Balaban J connectivity index is 3.06. The molecule has 0 amide bonds. The molecule has 112 valence electrons. The van der Waals surface area contributed by atoms with Crippen LogP contribution in [0.5, 0.6) is 0 Å². The maximum absolute atomic E-state index is 12.9. The van der Waals surface area contributed by atoms with Gasteiger partial charge in [0.05, 0.1) is 14.1 Å². The van der Waals surface area contributed by atoms with E-state index < -0.39 is 37.3 Å². The lowest BCUT2D eigenvalue weighted by Crippen LogP contribution is -2.67. The van der Waals surface area contributed by atoms with Gasteiger partial charge in [-0.2, -0.15) is 26.3 Å². The van der Waals surface area contributed by atoms with Crippen molar-refractivity contribution >= 4 is 5.97 Å². The zero-order chi connectivity index (χ0) is 15.1. The van der Waals surface area contributed by atoms with Crippen molar-refractivity contribution in [1.29, 1.82) is 0 Å². The highest BCUT2D eigenvalue weighted by atomic mass is 19.4. The van der Waals surface area contributed by atoms with Crippen LogP contribution in [0, 0.1) is 0 Å². The van der Waals surface area contributed by atoms with E-state index in [2.05, 4.69) is 9.47 Å². The van der Waals surface area contributed by atoms with Gasteiger partial charge in [0.15, 0.2) is 6.54 Å². The number of hydrogen-bond donors (Lipinski definition) is 0. The number of halogens is 6. The lowest BCUT2D eigenvalue weighted by Gasteiger charge is -2.44. The van der Waals surface area contributed by atoms with E-state index in [1.807, 2.05) is 0 Å². The van der Waals surface area contributed by atoms with E-state index in [1.54, 1.807) is 0 Å². The van der Waals surface area contributed by atoms with Crippen molar-refractivity contribution in [2.45, 2.75) is 18.1 Å². The molecule has 19 heavy (non-hydrogen) atoms. The molecule has 1 saturated heterocycles. The monoisotopic (exact) mass is 296 g/mol. The standard InChI is InChI=1S/C9H12F6NO3/c1-16(2)3-4-18-7(5-16,9(13,14)15)19-6(17)8(10,11)12/h3-5H2,1-2H3/q+1. The maximum atomic E-state index is 12.9. The number of ether oxygens (including phenoxy) is 2. The summed E-state index contributed by atoms with van der Waals surface area (Å²) in [4.78, 5) is 10.7. The Bertz CT molecular complexity index is 364. The van der Waals surface area contributed by atoms with E-state index in [4.69, 9.17) is 0 Å². The molecule has 1 rings (SSSR count). The molecule has 1 atom stereocenters. The Morgan fingerprint density at radius 2 is 1.74 bits per heavy atom. The van der Waals surface area contributed by atoms with Crippen molar-refractivity contribution in [1.82, 2.24) is 0 Å². The minimum Gasteiger partial charge on any atom is -0.411 e. The lowest BCUT2D eigenvalue weighted by atomic mass is 10.2. The van der Waals surface area contributed by atoms with E-state index in [-0.39, 0.29) is 11.0 Å². The normalized spacial score (nSPS) is 28.0. The summed E-state index contributed by atoms with van der Waals surface area (Å²) in [6.07, 6.45) is -10.8. The van der Waals surface area contributed by atoms with Gasteiger partial charge in [-0.05, 0) is 0 Å². The maximum Gasteiger partial charge on any atom is 0.491 e. The molecule has 0 aliphatic carbocycles. The Morgan fingerprint density at radius 1 is 1.21 bits per heavy atom. The minimum absolute atomic E-state index is 0.154. The van der Waals surface area contributed by atoms with Gasteiger partial charge in [0.2, 0.25) is 0 Å². The molecular weight excluding hydrogens is 284 g/mol. The Labute approximate surface area is 104 Å². The Hall–Kier alpha value is -1.03. The molecule has 1 fully saturated rings. The average molecular weight is 296 g/mol. The number of rotatable bonds is 1. The molecule has 0 aromatic heterocycles. The van der Waals surface area contributed by atoms with Crippen LogP contribution in [0.4, 0.5) is 26.3 Å². The van der Waals surface area contributed by atoms with Crippen LogP contribution in [0.25, 0.3) is 0 Å². The molecule has 1 aliphatic heterocycles. The first-order chi connectivity index (χ1) is 8.29. The van der Waals surface area contributed by atoms with Crippen LogP contribution in [-0.2, 0) is 14.3 Å². The molecule has 0 aromatic carbocycles. The highest BCUT2D eigenvalue weighted by molar-refractivity contribution is 5.76. The van der Waals surface area contributed by atoms with Crippen molar-refractivity contribution in [2.24, 2.45) is 0 Å². The molecule has 0 bridgehead atoms. The fraction of sp³-hybridized carbons (Fsp3) is 0.889. The largest absolute Gasteiger partial charge is 0.491 e. The highest BCUT2D eigenvalue weighted by Crippen LogP contribution is 2.40. The molecule has 10 heteroatoms. The van der Waals surface area contributed by atoms with Crippen LogP contribution < -0.4 is 0 Å². The summed E-state index contributed by atoms with van der Waals surface area (Å²) in [5.41, 5.74) is 0. The van der Waals surface area contributed by atoms with Gasteiger partial charge in [-0.1, -0.05) is 0 Å². The molecule has 0 radical (unpaired) electrons. The van der Waals surface area contributed by atoms with Gasteiger partial charge in [0.25, 0.3) is 0 Å². The second kappa shape index (κ2) is 4.51. The zero-order valence-electron chi connectivity index (χ0n) is 10.1. The van der Waals surface area contributed by atoms with E-state index in [0.717, 1.165) is 0 Å². The number of quaternary nitrogens is 1. The van der Waals surface area contributed by atoms with Gasteiger partial charge in [0.1, 0.15) is 13.2 Å². The molecule has 0 aromatic rings. The number of likely N-dealkylation sites (N-methyl/N-ethyl adjacent to an activating group) is 1. The van der Waals surface area contributed by atoms with Crippen LogP contribution in [-0.4, -0.2) is 62.4 Å². The van der Waals surface area contributed by atoms with Crippen LogP contribution in [0.3, 0.4) is 0 Å². The first kappa shape index (κ1) is 16.0.